The monoisotopic (exact) mass is 383 g/mol. The Bertz CT molecular complexity index is 707. The van der Waals surface area contributed by atoms with Gasteiger partial charge in [0, 0.05) is 0 Å². The predicted octanol–water partition coefficient (Wildman–Crippen LogP) is 6.46. The molecule has 0 unspecified atom stereocenters. The minimum atomic E-state index is -0.786. The van der Waals surface area contributed by atoms with Crippen LogP contribution in [0.4, 0.5) is 4.39 Å². The lowest BCUT2D eigenvalue weighted by molar-refractivity contribution is 0.0185. The van der Waals surface area contributed by atoms with Crippen molar-refractivity contribution in [2.45, 2.75) is 70.8 Å². The lowest BCUT2D eigenvalue weighted by Gasteiger charge is -2.26. The largest absolute Gasteiger partial charge is 0.459 e. The summed E-state index contributed by atoms with van der Waals surface area (Å²) < 4.78 is 18.4. The van der Waals surface area contributed by atoms with Crippen LogP contribution in [0.15, 0.2) is 48.3 Å². The number of halogens is 1. The molecule has 150 valence electrons. The Morgan fingerprint density at radius 3 is 2.54 bits per heavy atom. The van der Waals surface area contributed by atoms with Crippen LogP contribution in [-0.2, 0) is 11.2 Å². The molecule has 1 aliphatic rings. The van der Waals surface area contributed by atoms with E-state index >= 15 is 0 Å². The minimum absolute atomic E-state index is 0.0581. The Hall–Kier alpha value is -2.41. The first-order valence-corrected chi connectivity index (χ1v) is 10.4. The first-order valence-electron chi connectivity index (χ1n) is 10.4. The van der Waals surface area contributed by atoms with Crippen LogP contribution in [0.1, 0.15) is 74.2 Å². The summed E-state index contributed by atoms with van der Waals surface area (Å²) in [5.41, 5.74) is 1.87. The zero-order chi connectivity index (χ0) is 20.2. The SMILES string of the molecule is CCCCCCc1ccc(C(=O)OC2CCC(C=CC=C(F)C#N)CC2)cc1. The quantitative estimate of drug-likeness (QED) is 0.213. The van der Waals surface area contributed by atoms with Crippen molar-refractivity contribution in [3.63, 3.8) is 0 Å². The van der Waals surface area contributed by atoms with Gasteiger partial charge in [0.1, 0.15) is 12.2 Å². The fourth-order valence-electron chi connectivity index (χ4n) is 3.52. The van der Waals surface area contributed by atoms with Crippen molar-refractivity contribution < 1.29 is 13.9 Å². The summed E-state index contributed by atoms with van der Waals surface area (Å²) in [6, 6.07) is 9.23. The number of ether oxygens (including phenoxy) is 1. The number of carbonyl (C=O) groups excluding carboxylic acids is 1. The second-order valence-corrected chi connectivity index (χ2v) is 7.46. The molecule has 1 aromatic rings. The summed E-state index contributed by atoms with van der Waals surface area (Å²) in [7, 11) is 0. The van der Waals surface area contributed by atoms with Gasteiger partial charge in [0.05, 0.1) is 5.56 Å². The first kappa shape index (κ1) is 21.9. The number of nitrogens with zero attached hydrogens (tertiary/aromatic N) is 1. The van der Waals surface area contributed by atoms with Crippen molar-refractivity contribution in [3.8, 4) is 6.07 Å². The fourth-order valence-corrected chi connectivity index (χ4v) is 3.52. The van der Waals surface area contributed by atoms with E-state index in [2.05, 4.69) is 6.92 Å². The van der Waals surface area contributed by atoms with Crippen LogP contribution < -0.4 is 0 Å². The third-order valence-electron chi connectivity index (χ3n) is 5.23. The molecule has 0 saturated heterocycles. The molecule has 28 heavy (non-hydrogen) atoms. The summed E-state index contributed by atoms with van der Waals surface area (Å²) in [6.45, 7) is 2.21. The number of esters is 1. The molecule has 3 nitrogen and oxygen atoms in total. The van der Waals surface area contributed by atoms with Gasteiger partial charge in [0.2, 0.25) is 0 Å². The summed E-state index contributed by atoms with van der Waals surface area (Å²) >= 11 is 0. The van der Waals surface area contributed by atoms with Crippen molar-refractivity contribution in [2.75, 3.05) is 0 Å². The highest BCUT2D eigenvalue weighted by Gasteiger charge is 2.23. The van der Waals surface area contributed by atoms with Gasteiger partial charge in [-0.2, -0.15) is 9.65 Å². The van der Waals surface area contributed by atoms with Gasteiger partial charge < -0.3 is 4.74 Å². The molecule has 0 radical (unpaired) electrons. The number of unbranched alkanes of at least 4 members (excludes halogenated alkanes) is 3. The summed E-state index contributed by atoms with van der Waals surface area (Å²) in [5, 5.41) is 8.38. The van der Waals surface area contributed by atoms with Crippen molar-refractivity contribution >= 4 is 5.97 Å². The van der Waals surface area contributed by atoms with Crippen molar-refractivity contribution in [1.82, 2.24) is 0 Å². The Balaban J connectivity index is 1.74. The molecule has 4 heteroatoms. The van der Waals surface area contributed by atoms with Gasteiger partial charge in [-0.05, 0) is 68.2 Å². The zero-order valence-corrected chi connectivity index (χ0v) is 16.7. The number of nitriles is 1. The molecular formula is C24H30FNO2. The maximum Gasteiger partial charge on any atom is 0.338 e. The average Bonchev–Trinajstić information content (AvgIpc) is 2.72. The molecule has 2 rings (SSSR count). The molecule has 0 aromatic heterocycles. The van der Waals surface area contributed by atoms with E-state index in [4.69, 9.17) is 10.00 Å². The fraction of sp³-hybridized carbons (Fsp3) is 0.500. The van der Waals surface area contributed by atoms with Gasteiger partial charge in [-0.15, -0.1) is 0 Å². The van der Waals surface area contributed by atoms with E-state index in [-0.39, 0.29) is 12.1 Å². The van der Waals surface area contributed by atoms with Crippen LogP contribution in [0.3, 0.4) is 0 Å². The van der Waals surface area contributed by atoms with Crippen molar-refractivity contribution in [3.05, 3.63) is 59.4 Å². The van der Waals surface area contributed by atoms with Gasteiger partial charge in [-0.3, -0.25) is 0 Å². The van der Waals surface area contributed by atoms with Crippen molar-refractivity contribution in [1.29, 1.82) is 5.26 Å². The maximum atomic E-state index is 12.8. The molecule has 0 amide bonds. The molecule has 1 aromatic carbocycles. The van der Waals surface area contributed by atoms with Crippen LogP contribution in [0, 0.1) is 17.2 Å². The summed E-state index contributed by atoms with van der Waals surface area (Å²) in [4.78, 5) is 12.4. The number of allylic oxidation sites excluding steroid dienone is 4. The molecule has 0 bridgehead atoms. The zero-order valence-electron chi connectivity index (χ0n) is 16.7. The second-order valence-electron chi connectivity index (χ2n) is 7.46. The van der Waals surface area contributed by atoms with Crippen LogP contribution in [0.2, 0.25) is 0 Å². The van der Waals surface area contributed by atoms with E-state index in [0.717, 1.165) is 32.1 Å². The van der Waals surface area contributed by atoms with Gasteiger partial charge in [0.15, 0.2) is 5.83 Å². The molecule has 0 aliphatic heterocycles. The minimum Gasteiger partial charge on any atom is -0.459 e. The van der Waals surface area contributed by atoms with Gasteiger partial charge in [0.25, 0.3) is 0 Å². The summed E-state index contributed by atoms with van der Waals surface area (Å²) in [5.74, 6) is -0.703. The van der Waals surface area contributed by atoms with Crippen molar-refractivity contribution in [2.24, 2.45) is 5.92 Å². The topological polar surface area (TPSA) is 50.1 Å². The molecule has 0 N–H and O–H groups in total. The molecule has 0 heterocycles. The third kappa shape index (κ3) is 7.68. The predicted molar refractivity (Wildman–Crippen MR) is 109 cm³/mol. The highest BCUT2D eigenvalue weighted by molar-refractivity contribution is 5.89. The Morgan fingerprint density at radius 1 is 1.18 bits per heavy atom. The normalized spacial score (nSPS) is 20.1. The molecule has 1 aliphatic carbocycles. The van der Waals surface area contributed by atoms with Crippen LogP contribution in [0.25, 0.3) is 0 Å². The highest BCUT2D eigenvalue weighted by atomic mass is 19.1. The van der Waals surface area contributed by atoms with E-state index in [1.807, 2.05) is 30.3 Å². The Kier molecular flexibility index (Phi) is 9.48. The Morgan fingerprint density at radius 2 is 1.89 bits per heavy atom. The number of hydrogen-bond donors (Lipinski definition) is 0. The first-order chi connectivity index (χ1) is 13.6. The molecule has 1 saturated carbocycles. The Labute approximate surface area is 167 Å². The lowest BCUT2D eigenvalue weighted by atomic mass is 9.87. The number of benzene rings is 1. The molecule has 0 spiro atoms. The summed E-state index contributed by atoms with van der Waals surface area (Å²) in [6.07, 6.45) is 14.1. The van der Waals surface area contributed by atoms with E-state index in [9.17, 15) is 9.18 Å². The van der Waals surface area contributed by atoms with Gasteiger partial charge in [-0.25, -0.2) is 4.79 Å². The number of rotatable bonds is 9. The average molecular weight is 384 g/mol. The van der Waals surface area contributed by atoms with Crippen LogP contribution in [0.5, 0.6) is 0 Å². The van der Waals surface area contributed by atoms with Gasteiger partial charge >= 0.3 is 5.97 Å². The van der Waals surface area contributed by atoms with Crippen LogP contribution >= 0.6 is 0 Å². The second kappa shape index (κ2) is 12.1. The van der Waals surface area contributed by atoms with E-state index in [1.54, 1.807) is 6.08 Å². The number of aryl methyl sites for hydroxylation is 1. The molecule has 0 atom stereocenters. The van der Waals surface area contributed by atoms with Crippen LogP contribution in [-0.4, -0.2) is 12.1 Å². The lowest BCUT2D eigenvalue weighted by Crippen LogP contribution is -2.24. The highest BCUT2D eigenvalue weighted by Crippen LogP contribution is 2.28. The molecule has 1 fully saturated rings. The molecular weight excluding hydrogens is 353 g/mol. The van der Waals surface area contributed by atoms with Gasteiger partial charge in [-0.1, -0.05) is 50.5 Å². The number of carbonyl (C=O) groups is 1. The smallest absolute Gasteiger partial charge is 0.338 e. The third-order valence-corrected chi connectivity index (χ3v) is 5.23. The maximum absolute atomic E-state index is 12.8. The van der Waals surface area contributed by atoms with E-state index < -0.39 is 5.83 Å². The number of hydrogen-bond acceptors (Lipinski definition) is 3. The standard InChI is InChI=1S/C24H30FNO2/c1-2-3-4-5-7-19-10-14-21(15-11-19)24(27)28-23-16-12-20(13-17-23)8-6-9-22(25)18-26/h6,8-11,14-15,20,23H,2-5,7,12-13,16-17H2,1H3. The van der Waals surface area contributed by atoms with E-state index in [0.29, 0.717) is 11.5 Å². The van der Waals surface area contributed by atoms with E-state index in [1.165, 1.54) is 43.4 Å².